The van der Waals surface area contributed by atoms with Crippen LogP contribution in [0.5, 0.6) is 0 Å². The largest absolute Gasteiger partial charge is 0.461 e. The number of furan rings is 1. The molecule has 0 amide bonds. The van der Waals surface area contributed by atoms with Crippen molar-refractivity contribution in [3.63, 3.8) is 0 Å². The summed E-state index contributed by atoms with van der Waals surface area (Å²) in [5.74, 6) is 2.05. The zero-order valence-electron chi connectivity index (χ0n) is 12.4. The van der Waals surface area contributed by atoms with Crippen molar-refractivity contribution in [2.75, 3.05) is 30.7 Å². The molecule has 0 aliphatic carbocycles. The van der Waals surface area contributed by atoms with Gasteiger partial charge in [-0.3, -0.25) is 0 Å². The summed E-state index contributed by atoms with van der Waals surface area (Å²) in [6, 6.07) is 5.41. The van der Waals surface area contributed by atoms with Gasteiger partial charge in [0.1, 0.15) is 5.82 Å². The molecule has 0 bridgehead atoms. The minimum atomic E-state index is 0.284. The third-order valence-electron chi connectivity index (χ3n) is 3.13. The lowest BCUT2D eigenvalue weighted by atomic mass is 10.4. The van der Waals surface area contributed by atoms with E-state index in [4.69, 9.17) is 10.2 Å². The van der Waals surface area contributed by atoms with Crippen LogP contribution in [0, 0.1) is 0 Å². The summed E-state index contributed by atoms with van der Waals surface area (Å²) < 4.78 is 6.80. The first kappa shape index (κ1) is 14.3. The van der Waals surface area contributed by atoms with Crippen LogP contribution in [0.4, 0.5) is 11.8 Å². The van der Waals surface area contributed by atoms with Gasteiger partial charge in [0.25, 0.3) is 0 Å². The van der Waals surface area contributed by atoms with Crippen molar-refractivity contribution in [1.82, 2.24) is 24.9 Å². The summed E-state index contributed by atoms with van der Waals surface area (Å²) in [6.45, 7) is 4.78. The van der Waals surface area contributed by atoms with E-state index in [1.54, 1.807) is 18.4 Å². The maximum absolute atomic E-state index is 5.94. The van der Waals surface area contributed by atoms with Crippen molar-refractivity contribution in [2.24, 2.45) is 0 Å². The predicted octanol–water partition coefficient (Wildman–Crippen LogP) is 1.38. The number of hydrogen-bond acceptors (Lipinski definition) is 7. The molecule has 8 nitrogen and oxygen atoms in total. The number of rotatable bonds is 7. The van der Waals surface area contributed by atoms with Crippen molar-refractivity contribution in [2.45, 2.75) is 13.3 Å². The van der Waals surface area contributed by atoms with Crippen LogP contribution in [0.1, 0.15) is 13.3 Å². The molecule has 3 rings (SSSR count). The Morgan fingerprint density at radius 3 is 2.95 bits per heavy atom. The number of fused-ring (bicyclic) bond motifs is 1. The molecule has 0 aliphatic rings. The zero-order valence-corrected chi connectivity index (χ0v) is 12.4. The molecule has 0 unspecified atom stereocenters. The Morgan fingerprint density at radius 1 is 1.27 bits per heavy atom. The average molecular weight is 301 g/mol. The lowest BCUT2D eigenvalue weighted by Gasteiger charge is -2.07. The number of aromatic nitrogens is 4. The highest BCUT2D eigenvalue weighted by atomic mass is 16.3. The molecule has 22 heavy (non-hydrogen) atoms. The first-order valence-electron chi connectivity index (χ1n) is 7.29. The van der Waals surface area contributed by atoms with E-state index < -0.39 is 0 Å². The Morgan fingerprint density at radius 2 is 2.18 bits per heavy atom. The molecule has 4 N–H and O–H groups in total. The lowest BCUT2D eigenvalue weighted by Crippen LogP contribution is -2.23. The van der Waals surface area contributed by atoms with Crippen LogP contribution in [0.25, 0.3) is 17.2 Å². The van der Waals surface area contributed by atoms with Crippen molar-refractivity contribution < 1.29 is 4.42 Å². The molecular weight excluding hydrogens is 282 g/mol. The summed E-state index contributed by atoms with van der Waals surface area (Å²) in [5.41, 5.74) is 6.57. The number of nitrogen functional groups attached to an aromatic ring is 1. The van der Waals surface area contributed by atoms with Gasteiger partial charge < -0.3 is 20.8 Å². The summed E-state index contributed by atoms with van der Waals surface area (Å²) in [5, 5.41) is 10.8. The first-order chi connectivity index (χ1) is 10.8. The molecule has 0 atom stereocenters. The SMILES string of the molecule is CCCNCCNc1cc2nc(-c3ccco3)nn2c(N)n1. The molecule has 0 aliphatic heterocycles. The van der Waals surface area contributed by atoms with Gasteiger partial charge in [-0.1, -0.05) is 6.92 Å². The topological polar surface area (TPSA) is 106 Å². The van der Waals surface area contributed by atoms with Crippen LogP contribution in [0.15, 0.2) is 28.9 Å². The van der Waals surface area contributed by atoms with Crippen LogP contribution < -0.4 is 16.4 Å². The minimum Gasteiger partial charge on any atom is -0.461 e. The first-order valence-corrected chi connectivity index (χ1v) is 7.29. The second kappa shape index (κ2) is 6.44. The molecule has 0 spiro atoms. The van der Waals surface area contributed by atoms with Gasteiger partial charge in [0.2, 0.25) is 11.8 Å². The van der Waals surface area contributed by atoms with E-state index in [-0.39, 0.29) is 5.95 Å². The smallest absolute Gasteiger partial charge is 0.225 e. The van der Waals surface area contributed by atoms with Gasteiger partial charge in [0.05, 0.1) is 6.26 Å². The molecule has 8 heteroatoms. The number of hydrogen-bond donors (Lipinski definition) is 3. The van der Waals surface area contributed by atoms with E-state index in [1.165, 1.54) is 4.52 Å². The Balaban J connectivity index is 1.76. The number of nitrogens with one attached hydrogen (secondary N) is 2. The van der Waals surface area contributed by atoms with E-state index in [1.807, 2.05) is 6.07 Å². The molecule has 116 valence electrons. The standard InChI is InChI=1S/C14H19N7O/c1-2-5-16-6-7-17-11-9-12-19-13(10-4-3-8-22-10)20-21(12)14(15)18-11/h3-4,8-9,16-17H,2,5-7H2,1H3,(H2,15,18). The maximum Gasteiger partial charge on any atom is 0.225 e. The Kier molecular flexibility index (Phi) is 4.19. The van der Waals surface area contributed by atoms with Gasteiger partial charge in [-0.05, 0) is 25.1 Å². The van der Waals surface area contributed by atoms with Crippen molar-refractivity contribution >= 4 is 17.4 Å². The van der Waals surface area contributed by atoms with Crippen LogP contribution in [0.3, 0.4) is 0 Å². The van der Waals surface area contributed by atoms with Crippen LogP contribution in [-0.4, -0.2) is 39.2 Å². The summed E-state index contributed by atoms with van der Waals surface area (Å²) in [6.07, 6.45) is 2.70. The summed E-state index contributed by atoms with van der Waals surface area (Å²) >= 11 is 0. The van der Waals surface area contributed by atoms with E-state index >= 15 is 0 Å². The number of nitrogens with two attached hydrogens (primary N) is 1. The highest BCUT2D eigenvalue weighted by Gasteiger charge is 2.12. The van der Waals surface area contributed by atoms with E-state index in [0.717, 1.165) is 26.1 Å². The second-order valence-electron chi connectivity index (χ2n) is 4.86. The van der Waals surface area contributed by atoms with Crippen LogP contribution in [-0.2, 0) is 0 Å². The molecule has 0 radical (unpaired) electrons. The van der Waals surface area contributed by atoms with Crippen LogP contribution in [0.2, 0.25) is 0 Å². The fourth-order valence-electron chi connectivity index (χ4n) is 2.09. The van der Waals surface area contributed by atoms with Crippen LogP contribution >= 0.6 is 0 Å². The summed E-state index contributed by atoms with van der Waals surface area (Å²) in [4.78, 5) is 8.70. The van der Waals surface area contributed by atoms with Crippen molar-refractivity contribution in [3.8, 4) is 11.6 Å². The molecule has 3 aromatic heterocycles. The van der Waals surface area contributed by atoms with Crippen molar-refractivity contribution in [3.05, 3.63) is 24.5 Å². The van der Waals surface area contributed by atoms with E-state index in [9.17, 15) is 0 Å². The van der Waals surface area contributed by atoms with Gasteiger partial charge >= 0.3 is 0 Å². The zero-order chi connectivity index (χ0) is 15.4. The predicted molar refractivity (Wildman–Crippen MR) is 84.5 cm³/mol. The fraction of sp³-hybridized carbons (Fsp3) is 0.357. The molecule has 0 saturated carbocycles. The highest BCUT2D eigenvalue weighted by molar-refractivity contribution is 5.58. The highest BCUT2D eigenvalue weighted by Crippen LogP contribution is 2.19. The molecule has 0 fully saturated rings. The van der Waals surface area contributed by atoms with Gasteiger partial charge in [0.15, 0.2) is 11.4 Å². The third-order valence-corrected chi connectivity index (χ3v) is 3.13. The fourth-order valence-corrected chi connectivity index (χ4v) is 2.09. The van der Waals surface area contributed by atoms with E-state index in [0.29, 0.717) is 23.0 Å². The number of anilines is 2. The summed E-state index contributed by atoms with van der Waals surface area (Å²) in [7, 11) is 0. The monoisotopic (exact) mass is 301 g/mol. The van der Waals surface area contributed by atoms with Gasteiger partial charge in [0, 0.05) is 19.2 Å². The molecule has 3 aromatic rings. The molecular formula is C14H19N7O. The molecule has 0 saturated heterocycles. The minimum absolute atomic E-state index is 0.284. The van der Waals surface area contributed by atoms with Gasteiger partial charge in [-0.15, -0.1) is 5.10 Å². The van der Waals surface area contributed by atoms with Gasteiger partial charge in [-0.25, -0.2) is 4.98 Å². The molecule has 3 heterocycles. The Labute approximate surface area is 127 Å². The lowest BCUT2D eigenvalue weighted by molar-refractivity contribution is 0.577. The Bertz CT molecular complexity index is 735. The normalized spacial score (nSPS) is 11.1. The van der Waals surface area contributed by atoms with Crippen molar-refractivity contribution in [1.29, 1.82) is 0 Å². The third kappa shape index (κ3) is 3.01. The van der Waals surface area contributed by atoms with Gasteiger partial charge in [-0.2, -0.15) is 9.50 Å². The maximum atomic E-state index is 5.94. The molecule has 0 aromatic carbocycles. The van der Waals surface area contributed by atoms with E-state index in [2.05, 4.69) is 32.6 Å². The number of nitrogens with zero attached hydrogens (tertiary/aromatic N) is 4. The Hall–Kier alpha value is -2.61. The average Bonchev–Trinajstić information content (AvgIpc) is 3.16. The second-order valence-corrected chi connectivity index (χ2v) is 4.86. The quantitative estimate of drug-likeness (QED) is 0.566.